The van der Waals surface area contributed by atoms with Crippen LogP contribution in [-0.2, 0) is 22.9 Å². The van der Waals surface area contributed by atoms with E-state index in [0.717, 1.165) is 5.56 Å². The Balaban J connectivity index is 1.78. The van der Waals surface area contributed by atoms with Crippen LogP contribution in [0.5, 0.6) is 0 Å². The predicted octanol–water partition coefficient (Wildman–Crippen LogP) is 2.38. The molecule has 1 saturated heterocycles. The number of nitrogens with zero attached hydrogens (tertiary/aromatic N) is 3. The van der Waals surface area contributed by atoms with Crippen molar-refractivity contribution < 1.29 is 12.8 Å². The van der Waals surface area contributed by atoms with E-state index in [2.05, 4.69) is 15.1 Å². The molecule has 1 unspecified atom stereocenters. The fraction of sp³-hybridized carbons (Fsp3) is 0.529. The minimum Gasteiger partial charge on any atom is -0.424 e. The molecule has 3 rings (SSSR count). The highest BCUT2D eigenvalue weighted by atomic mass is 32.2. The van der Waals surface area contributed by atoms with Crippen molar-refractivity contribution >= 4 is 9.84 Å². The molecule has 1 aromatic carbocycles. The Labute approximate surface area is 142 Å². The van der Waals surface area contributed by atoms with Crippen molar-refractivity contribution in [3.05, 3.63) is 47.7 Å². The van der Waals surface area contributed by atoms with Crippen molar-refractivity contribution in [2.75, 3.05) is 11.5 Å². The van der Waals surface area contributed by atoms with Gasteiger partial charge in [0.1, 0.15) is 0 Å². The first kappa shape index (κ1) is 17.1. The SMILES string of the molecule is CC(C)c1nnc(CN(Cc2ccccc2)C2CCS(=O)(=O)C2)o1. The zero-order valence-corrected chi connectivity index (χ0v) is 14.9. The molecule has 1 aliphatic rings. The lowest BCUT2D eigenvalue weighted by Crippen LogP contribution is -2.35. The zero-order chi connectivity index (χ0) is 17.2. The van der Waals surface area contributed by atoms with Crippen LogP contribution in [-0.4, -0.2) is 41.1 Å². The summed E-state index contributed by atoms with van der Waals surface area (Å²) in [5.74, 6) is 1.79. The number of aromatic nitrogens is 2. The third kappa shape index (κ3) is 4.21. The zero-order valence-electron chi connectivity index (χ0n) is 14.1. The topological polar surface area (TPSA) is 76.3 Å². The van der Waals surface area contributed by atoms with Crippen molar-refractivity contribution in [3.8, 4) is 0 Å². The van der Waals surface area contributed by atoms with Gasteiger partial charge in [-0.25, -0.2) is 8.42 Å². The molecule has 1 atom stereocenters. The molecule has 0 amide bonds. The molecule has 0 aliphatic carbocycles. The largest absolute Gasteiger partial charge is 0.424 e. The van der Waals surface area contributed by atoms with Gasteiger partial charge in [-0.05, 0) is 12.0 Å². The predicted molar refractivity (Wildman–Crippen MR) is 91.1 cm³/mol. The number of benzene rings is 1. The first-order valence-electron chi connectivity index (χ1n) is 8.23. The molecule has 7 heteroatoms. The van der Waals surface area contributed by atoms with E-state index in [1.165, 1.54) is 0 Å². The van der Waals surface area contributed by atoms with E-state index in [0.29, 0.717) is 31.3 Å². The van der Waals surface area contributed by atoms with E-state index in [9.17, 15) is 8.42 Å². The Kier molecular flexibility index (Phi) is 5.01. The molecule has 24 heavy (non-hydrogen) atoms. The van der Waals surface area contributed by atoms with Crippen LogP contribution < -0.4 is 0 Å². The average Bonchev–Trinajstić information content (AvgIpc) is 3.14. The third-order valence-corrected chi connectivity index (χ3v) is 6.02. The molecule has 6 nitrogen and oxygen atoms in total. The Morgan fingerprint density at radius 3 is 2.54 bits per heavy atom. The van der Waals surface area contributed by atoms with Gasteiger partial charge in [0.25, 0.3) is 0 Å². The van der Waals surface area contributed by atoms with Crippen LogP contribution in [0.3, 0.4) is 0 Å². The van der Waals surface area contributed by atoms with Crippen molar-refractivity contribution in [1.82, 2.24) is 15.1 Å². The first-order valence-corrected chi connectivity index (χ1v) is 10.1. The highest BCUT2D eigenvalue weighted by Crippen LogP contribution is 2.22. The normalized spacial score (nSPS) is 20.1. The number of sulfone groups is 1. The molecule has 0 N–H and O–H groups in total. The fourth-order valence-corrected chi connectivity index (χ4v) is 4.69. The van der Waals surface area contributed by atoms with E-state index in [1.54, 1.807) is 0 Å². The molecule has 0 saturated carbocycles. The van der Waals surface area contributed by atoms with Gasteiger partial charge in [-0.2, -0.15) is 0 Å². The van der Waals surface area contributed by atoms with Gasteiger partial charge in [0.15, 0.2) is 9.84 Å². The van der Waals surface area contributed by atoms with Crippen molar-refractivity contribution in [2.45, 2.75) is 45.3 Å². The van der Waals surface area contributed by atoms with Crippen LogP contribution >= 0.6 is 0 Å². The highest BCUT2D eigenvalue weighted by molar-refractivity contribution is 7.91. The minimum absolute atomic E-state index is 0.00962. The maximum absolute atomic E-state index is 11.9. The van der Waals surface area contributed by atoms with Gasteiger partial charge in [0.2, 0.25) is 11.8 Å². The molecular weight excluding hydrogens is 326 g/mol. The summed E-state index contributed by atoms with van der Waals surface area (Å²) < 4.78 is 29.4. The third-order valence-electron chi connectivity index (χ3n) is 4.27. The number of hydrogen-bond donors (Lipinski definition) is 0. The second-order valence-electron chi connectivity index (χ2n) is 6.64. The Morgan fingerprint density at radius 2 is 1.96 bits per heavy atom. The van der Waals surface area contributed by atoms with Crippen LogP contribution in [0.2, 0.25) is 0 Å². The molecule has 130 valence electrons. The summed E-state index contributed by atoms with van der Waals surface area (Å²) in [6.45, 7) is 5.14. The lowest BCUT2D eigenvalue weighted by Gasteiger charge is -2.26. The van der Waals surface area contributed by atoms with Crippen molar-refractivity contribution in [3.63, 3.8) is 0 Å². The Morgan fingerprint density at radius 1 is 1.21 bits per heavy atom. The van der Waals surface area contributed by atoms with E-state index >= 15 is 0 Å². The van der Waals surface area contributed by atoms with Gasteiger partial charge < -0.3 is 4.42 Å². The fourth-order valence-electron chi connectivity index (χ4n) is 2.93. The van der Waals surface area contributed by atoms with Crippen molar-refractivity contribution in [2.24, 2.45) is 0 Å². The summed E-state index contributed by atoms with van der Waals surface area (Å²) in [5.41, 5.74) is 1.14. The average molecular weight is 349 g/mol. The van der Waals surface area contributed by atoms with Crippen LogP contribution in [0.4, 0.5) is 0 Å². The standard InChI is InChI=1S/C17H23N3O3S/c1-13(2)17-19-18-16(23-17)11-20(10-14-6-4-3-5-7-14)15-8-9-24(21,22)12-15/h3-7,13,15H,8-12H2,1-2H3. The smallest absolute Gasteiger partial charge is 0.230 e. The summed E-state index contributed by atoms with van der Waals surface area (Å²) in [6.07, 6.45) is 0.653. The van der Waals surface area contributed by atoms with Gasteiger partial charge >= 0.3 is 0 Å². The molecule has 0 bridgehead atoms. The van der Waals surface area contributed by atoms with Gasteiger partial charge in [-0.15, -0.1) is 10.2 Å². The van der Waals surface area contributed by atoms with E-state index in [-0.39, 0.29) is 23.5 Å². The molecule has 0 spiro atoms. The Hall–Kier alpha value is -1.73. The quantitative estimate of drug-likeness (QED) is 0.797. The summed E-state index contributed by atoms with van der Waals surface area (Å²) in [6, 6.07) is 10.0. The summed E-state index contributed by atoms with van der Waals surface area (Å²) in [7, 11) is -2.94. The molecule has 1 aliphatic heterocycles. The second kappa shape index (κ2) is 7.03. The molecule has 0 radical (unpaired) electrons. The Bertz CT molecular complexity index is 771. The summed E-state index contributed by atoms with van der Waals surface area (Å²) in [5, 5.41) is 8.19. The minimum atomic E-state index is -2.94. The maximum Gasteiger partial charge on any atom is 0.230 e. The van der Waals surface area contributed by atoms with Crippen LogP contribution in [0.1, 0.15) is 43.5 Å². The summed E-state index contributed by atoms with van der Waals surface area (Å²) >= 11 is 0. The first-order chi connectivity index (χ1) is 11.4. The highest BCUT2D eigenvalue weighted by Gasteiger charge is 2.33. The lowest BCUT2D eigenvalue weighted by molar-refractivity contribution is 0.174. The van der Waals surface area contributed by atoms with Gasteiger partial charge in [-0.1, -0.05) is 44.2 Å². The molecular formula is C17H23N3O3S. The lowest BCUT2D eigenvalue weighted by atomic mass is 10.1. The van der Waals surface area contributed by atoms with Crippen LogP contribution in [0, 0.1) is 0 Å². The van der Waals surface area contributed by atoms with Gasteiger partial charge in [0.05, 0.1) is 18.1 Å². The second-order valence-corrected chi connectivity index (χ2v) is 8.86. The van der Waals surface area contributed by atoms with Crippen molar-refractivity contribution in [1.29, 1.82) is 0 Å². The van der Waals surface area contributed by atoms with E-state index in [4.69, 9.17) is 4.42 Å². The molecule has 1 aromatic heterocycles. The van der Waals surface area contributed by atoms with E-state index in [1.807, 2.05) is 44.2 Å². The van der Waals surface area contributed by atoms with Crippen LogP contribution in [0.15, 0.2) is 34.7 Å². The molecule has 2 aromatic rings. The van der Waals surface area contributed by atoms with Gasteiger partial charge in [-0.3, -0.25) is 4.90 Å². The monoisotopic (exact) mass is 349 g/mol. The molecule has 1 fully saturated rings. The van der Waals surface area contributed by atoms with E-state index < -0.39 is 9.84 Å². The van der Waals surface area contributed by atoms with Gasteiger partial charge in [0, 0.05) is 18.5 Å². The summed E-state index contributed by atoms with van der Waals surface area (Å²) in [4.78, 5) is 2.14. The van der Waals surface area contributed by atoms with Crippen LogP contribution in [0.25, 0.3) is 0 Å². The number of hydrogen-bond acceptors (Lipinski definition) is 6. The maximum atomic E-state index is 11.9. The molecule has 2 heterocycles. The number of rotatable bonds is 6.